The van der Waals surface area contributed by atoms with Crippen LogP contribution in [-0.2, 0) is 10.9 Å². The van der Waals surface area contributed by atoms with E-state index in [1.54, 1.807) is 18.2 Å². The molecule has 0 aliphatic carbocycles. The highest BCUT2D eigenvalue weighted by Crippen LogP contribution is 2.36. The Labute approximate surface area is 158 Å². The highest BCUT2D eigenvalue weighted by atomic mass is 19.4. The number of aromatic amines is 1. The summed E-state index contributed by atoms with van der Waals surface area (Å²) in [7, 11) is 1.26. The lowest BCUT2D eigenvalue weighted by Gasteiger charge is -2.28. The first-order valence-electron chi connectivity index (χ1n) is 8.54. The summed E-state index contributed by atoms with van der Waals surface area (Å²) in [4.78, 5) is 24.8. The molecule has 1 aliphatic rings. The van der Waals surface area contributed by atoms with Gasteiger partial charge in [-0.2, -0.15) is 18.3 Å². The highest BCUT2D eigenvalue weighted by molar-refractivity contribution is 5.89. The van der Waals surface area contributed by atoms with E-state index in [4.69, 9.17) is 4.74 Å². The number of ether oxygens (including phenoxy) is 2. The van der Waals surface area contributed by atoms with Crippen molar-refractivity contribution in [2.45, 2.75) is 25.1 Å². The minimum absolute atomic E-state index is 0.0920. The van der Waals surface area contributed by atoms with Gasteiger partial charge in [0.25, 0.3) is 5.56 Å². The maximum atomic E-state index is 13.3. The van der Waals surface area contributed by atoms with Crippen LogP contribution in [-0.4, -0.2) is 42.5 Å². The SMILES string of the molecule is COC(=O)c1cccc(OC[C@H]2CCCN2c2cn[nH]c(=O)c2C(F)(F)F)c1. The Hall–Kier alpha value is -3.04. The minimum atomic E-state index is -4.80. The zero-order valence-corrected chi connectivity index (χ0v) is 15.0. The Morgan fingerprint density at radius 3 is 2.89 bits per heavy atom. The van der Waals surface area contributed by atoms with Crippen molar-refractivity contribution in [3.05, 3.63) is 51.9 Å². The summed E-state index contributed by atoms with van der Waals surface area (Å²) in [6, 6.07) is 5.96. The average Bonchev–Trinajstić information content (AvgIpc) is 3.13. The van der Waals surface area contributed by atoms with Gasteiger partial charge in [0, 0.05) is 6.54 Å². The third-order valence-corrected chi connectivity index (χ3v) is 4.50. The lowest BCUT2D eigenvalue weighted by atomic mass is 10.2. The van der Waals surface area contributed by atoms with Gasteiger partial charge < -0.3 is 14.4 Å². The molecule has 1 N–H and O–H groups in total. The first-order valence-corrected chi connectivity index (χ1v) is 8.54. The van der Waals surface area contributed by atoms with Crippen LogP contribution in [0.15, 0.2) is 35.3 Å². The van der Waals surface area contributed by atoms with Gasteiger partial charge in [-0.3, -0.25) is 4.79 Å². The Bertz CT molecular complexity index is 913. The first kappa shape index (κ1) is 19.7. The van der Waals surface area contributed by atoms with Gasteiger partial charge in [0.15, 0.2) is 0 Å². The number of nitrogens with zero attached hydrogens (tertiary/aromatic N) is 2. The van der Waals surface area contributed by atoms with E-state index in [0.717, 1.165) is 6.20 Å². The summed E-state index contributed by atoms with van der Waals surface area (Å²) in [5.41, 5.74) is -2.49. The van der Waals surface area contributed by atoms with Crippen LogP contribution in [0, 0.1) is 0 Å². The van der Waals surface area contributed by atoms with Crippen molar-refractivity contribution in [2.24, 2.45) is 0 Å². The first-order chi connectivity index (χ1) is 13.3. The van der Waals surface area contributed by atoms with Crippen LogP contribution in [0.25, 0.3) is 0 Å². The average molecular weight is 397 g/mol. The van der Waals surface area contributed by atoms with E-state index >= 15 is 0 Å². The molecule has 2 aromatic rings. The molecular formula is C18H18F3N3O4. The summed E-state index contributed by atoms with van der Waals surface area (Å²) >= 11 is 0. The van der Waals surface area contributed by atoms with Gasteiger partial charge in [-0.05, 0) is 31.0 Å². The van der Waals surface area contributed by atoms with E-state index in [9.17, 15) is 22.8 Å². The van der Waals surface area contributed by atoms with Crippen LogP contribution in [0.4, 0.5) is 18.9 Å². The maximum Gasteiger partial charge on any atom is 0.423 e. The fourth-order valence-corrected chi connectivity index (χ4v) is 3.23. The van der Waals surface area contributed by atoms with Gasteiger partial charge >= 0.3 is 12.1 Å². The standard InChI is InChI=1S/C18H18F3N3O4/c1-27-17(26)11-4-2-6-13(8-11)28-10-12-5-3-7-24(12)14-9-22-23-16(25)15(14)18(19,20)21/h2,4,6,8-9,12H,3,5,7,10H2,1H3,(H,23,25)/t12-/m1/s1. The number of H-pyrrole nitrogens is 1. The lowest BCUT2D eigenvalue weighted by Crippen LogP contribution is -2.37. The number of nitrogens with one attached hydrogen (secondary N) is 1. The third-order valence-electron chi connectivity index (χ3n) is 4.50. The van der Waals surface area contributed by atoms with Crippen LogP contribution in [0.5, 0.6) is 5.75 Å². The number of carbonyl (C=O) groups excluding carboxylic acids is 1. The molecule has 1 aliphatic heterocycles. The number of carbonyl (C=O) groups is 1. The van der Waals surface area contributed by atoms with Gasteiger partial charge in [-0.1, -0.05) is 6.07 Å². The summed E-state index contributed by atoms with van der Waals surface area (Å²) in [5.74, 6) is -0.118. The molecule has 1 atom stereocenters. The number of aromatic nitrogens is 2. The van der Waals surface area contributed by atoms with Crippen molar-refractivity contribution in [3.8, 4) is 5.75 Å². The zero-order chi connectivity index (χ0) is 20.3. The van der Waals surface area contributed by atoms with Crippen LogP contribution in [0.1, 0.15) is 28.8 Å². The van der Waals surface area contributed by atoms with Crippen molar-refractivity contribution < 1.29 is 27.4 Å². The van der Waals surface area contributed by atoms with Gasteiger partial charge in [0.1, 0.15) is 17.9 Å². The number of benzene rings is 1. The van der Waals surface area contributed by atoms with E-state index < -0.39 is 23.3 Å². The quantitative estimate of drug-likeness (QED) is 0.781. The second kappa shape index (κ2) is 7.91. The fraction of sp³-hybridized carbons (Fsp3) is 0.389. The molecular weight excluding hydrogens is 379 g/mol. The van der Waals surface area contributed by atoms with Crippen molar-refractivity contribution in [3.63, 3.8) is 0 Å². The second-order valence-electron chi connectivity index (χ2n) is 6.28. The van der Waals surface area contributed by atoms with Crippen LogP contribution < -0.4 is 15.2 Å². The monoisotopic (exact) mass is 397 g/mol. The molecule has 1 saturated heterocycles. The van der Waals surface area contributed by atoms with Crippen molar-refractivity contribution in [1.82, 2.24) is 10.2 Å². The molecule has 28 heavy (non-hydrogen) atoms. The Morgan fingerprint density at radius 1 is 1.39 bits per heavy atom. The van der Waals surface area contributed by atoms with Crippen molar-refractivity contribution >= 4 is 11.7 Å². The van der Waals surface area contributed by atoms with Crippen LogP contribution in [0.3, 0.4) is 0 Å². The van der Waals surface area contributed by atoms with E-state index in [1.165, 1.54) is 18.1 Å². The highest BCUT2D eigenvalue weighted by Gasteiger charge is 2.40. The molecule has 0 unspecified atom stereocenters. The zero-order valence-electron chi connectivity index (χ0n) is 15.0. The molecule has 1 fully saturated rings. The Kier molecular flexibility index (Phi) is 5.57. The number of halogens is 3. The molecule has 150 valence electrons. The number of anilines is 1. The second-order valence-corrected chi connectivity index (χ2v) is 6.28. The predicted molar refractivity (Wildman–Crippen MR) is 93.5 cm³/mol. The summed E-state index contributed by atoms with van der Waals surface area (Å²) in [5, 5.41) is 5.36. The summed E-state index contributed by atoms with van der Waals surface area (Å²) < 4.78 is 50.4. The molecule has 10 heteroatoms. The largest absolute Gasteiger partial charge is 0.491 e. The maximum absolute atomic E-state index is 13.3. The van der Waals surface area contributed by atoms with E-state index in [-0.39, 0.29) is 18.3 Å². The number of methoxy groups -OCH3 is 1. The van der Waals surface area contributed by atoms with Crippen molar-refractivity contribution in [1.29, 1.82) is 0 Å². The molecule has 1 aromatic carbocycles. The molecule has 7 nitrogen and oxygen atoms in total. The normalized spacial score (nSPS) is 16.9. The molecule has 0 amide bonds. The molecule has 0 saturated carbocycles. The lowest BCUT2D eigenvalue weighted by molar-refractivity contribution is -0.138. The minimum Gasteiger partial charge on any atom is -0.491 e. The Balaban J connectivity index is 1.79. The number of hydrogen-bond acceptors (Lipinski definition) is 6. The number of rotatable bonds is 5. The predicted octanol–water partition coefficient (Wildman–Crippen LogP) is 2.62. The molecule has 0 radical (unpaired) electrons. The smallest absolute Gasteiger partial charge is 0.423 e. The van der Waals surface area contributed by atoms with E-state index in [1.807, 2.05) is 5.10 Å². The number of alkyl halides is 3. The Morgan fingerprint density at radius 2 is 2.18 bits per heavy atom. The third kappa shape index (κ3) is 4.10. The van der Waals surface area contributed by atoms with E-state index in [2.05, 4.69) is 9.84 Å². The van der Waals surface area contributed by atoms with E-state index in [0.29, 0.717) is 30.7 Å². The summed E-state index contributed by atoms with van der Waals surface area (Å²) in [6.07, 6.45) is -2.53. The van der Waals surface area contributed by atoms with Gasteiger partial charge in [0.2, 0.25) is 0 Å². The fourth-order valence-electron chi connectivity index (χ4n) is 3.23. The number of hydrogen-bond donors (Lipinski definition) is 1. The molecule has 2 heterocycles. The topological polar surface area (TPSA) is 84.5 Å². The molecule has 0 spiro atoms. The molecule has 3 rings (SSSR count). The van der Waals surface area contributed by atoms with Gasteiger partial charge in [-0.15, -0.1) is 0 Å². The summed E-state index contributed by atoms with van der Waals surface area (Å²) in [6.45, 7) is 0.444. The molecule has 0 bridgehead atoms. The van der Waals surface area contributed by atoms with Gasteiger partial charge in [-0.25, -0.2) is 9.89 Å². The van der Waals surface area contributed by atoms with Crippen LogP contribution >= 0.6 is 0 Å². The number of esters is 1. The molecule has 1 aromatic heterocycles. The van der Waals surface area contributed by atoms with Crippen molar-refractivity contribution in [2.75, 3.05) is 25.2 Å². The van der Waals surface area contributed by atoms with Crippen LogP contribution in [0.2, 0.25) is 0 Å². The van der Waals surface area contributed by atoms with Gasteiger partial charge in [0.05, 0.1) is 30.6 Å².